The summed E-state index contributed by atoms with van der Waals surface area (Å²) >= 11 is 0. The van der Waals surface area contributed by atoms with Crippen LogP contribution in [0.1, 0.15) is 32.0 Å². The first-order valence-corrected chi connectivity index (χ1v) is 6.50. The molecule has 0 saturated heterocycles. The molecule has 1 heterocycles. The van der Waals surface area contributed by atoms with Crippen molar-refractivity contribution in [3.8, 4) is 0 Å². The van der Waals surface area contributed by atoms with Gasteiger partial charge in [0.15, 0.2) is 0 Å². The molecule has 0 saturated carbocycles. The van der Waals surface area contributed by atoms with Crippen LogP contribution in [0.2, 0.25) is 0 Å². The molecule has 0 aliphatic carbocycles. The van der Waals surface area contributed by atoms with Crippen LogP contribution in [-0.4, -0.2) is 22.4 Å². The number of aryl methyl sites for hydroxylation is 1. The van der Waals surface area contributed by atoms with Crippen LogP contribution in [0, 0.1) is 0 Å². The third-order valence-corrected chi connectivity index (χ3v) is 2.88. The summed E-state index contributed by atoms with van der Waals surface area (Å²) in [7, 11) is 0. The Labute approximate surface area is 107 Å². The van der Waals surface area contributed by atoms with Crippen LogP contribution in [0.3, 0.4) is 0 Å². The lowest BCUT2D eigenvalue weighted by atomic mass is 10.2. The number of unbranched alkanes of at least 4 members (excludes halogenated alkanes) is 1. The molecule has 0 aliphatic rings. The molecule has 2 N–H and O–H groups in total. The van der Waals surface area contributed by atoms with E-state index >= 15 is 0 Å². The highest BCUT2D eigenvalue weighted by Gasteiger charge is 2.05. The van der Waals surface area contributed by atoms with Crippen molar-refractivity contribution in [1.29, 1.82) is 0 Å². The summed E-state index contributed by atoms with van der Waals surface area (Å²) in [4.78, 5) is 19.2. The smallest absolute Gasteiger partial charge is 0.220 e. The number of aromatic nitrogens is 2. The summed E-state index contributed by atoms with van der Waals surface area (Å²) in [5, 5.41) is 2.91. The van der Waals surface area contributed by atoms with Crippen molar-refractivity contribution in [2.45, 2.75) is 32.6 Å². The van der Waals surface area contributed by atoms with Crippen molar-refractivity contribution in [1.82, 2.24) is 15.3 Å². The number of nitrogens with one attached hydrogen (secondary N) is 2. The summed E-state index contributed by atoms with van der Waals surface area (Å²) in [5.74, 6) is 0.978. The lowest BCUT2D eigenvalue weighted by Crippen LogP contribution is -2.24. The Kier molecular flexibility index (Phi) is 4.34. The Morgan fingerprint density at radius 2 is 2.22 bits per heavy atom. The number of para-hydroxylation sites is 2. The number of aromatic amines is 1. The molecule has 0 unspecified atom stereocenters. The van der Waals surface area contributed by atoms with Gasteiger partial charge in [-0.25, -0.2) is 4.98 Å². The van der Waals surface area contributed by atoms with Gasteiger partial charge >= 0.3 is 0 Å². The van der Waals surface area contributed by atoms with Gasteiger partial charge in [-0.2, -0.15) is 0 Å². The predicted octanol–water partition coefficient (Wildman–Crippen LogP) is 2.41. The summed E-state index contributed by atoms with van der Waals surface area (Å²) < 4.78 is 0. The van der Waals surface area contributed by atoms with Crippen LogP contribution in [0.4, 0.5) is 0 Å². The first-order chi connectivity index (χ1) is 8.79. The molecule has 0 spiro atoms. The molecule has 4 nitrogen and oxygen atoms in total. The van der Waals surface area contributed by atoms with E-state index in [1.165, 1.54) is 0 Å². The Morgan fingerprint density at radius 1 is 1.39 bits per heavy atom. The van der Waals surface area contributed by atoms with Gasteiger partial charge in [0, 0.05) is 19.4 Å². The fraction of sp³-hybridized carbons (Fsp3) is 0.429. The second-order valence-electron chi connectivity index (χ2n) is 4.40. The van der Waals surface area contributed by atoms with E-state index in [1.54, 1.807) is 0 Å². The number of carbonyl (C=O) groups excluding carboxylic acids is 1. The molecule has 1 amide bonds. The highest BCUT2D eigenvalue weighted by molar-refractivity contribution is 5.77. The number of H-pyrrole nitrogens is 1. The summed E-state index contributed by atoms with van der Waals surface area (Å²) in [6.45, 7) is 2.88. The minimum absolute atomic E-state index is 0.101. The molecule has 18 heavy (non-hydrogen) atoms. The highest BCUT2D eigenvalue weighted by atomic mass is 16.1. The minimum Gasteiger partial charge on any atom is -0.356 e. The molecule has 0 atom stereocenters. The van der Waals surface area contributed by atoms with Gasteiger partial charge in [0.2, 0.25) is 5.91 Å². The van der Waals surface area contributed by atoms with Gasteiger partial charge < -0.3 is 10.3 Å². The number of carbonyl (C=O) groups is 1. The third kappa shape index (κ3) is 3.32. The monoisotopic (exact) mass is 245 g/mol. The van der Waals surface area contributed by atoms with Crippen molar-refractivity contribution in [3.05, 3.63) is 30.1 Å². The zero-order chi connectivity index (χ0) is 12.8. The zero-order valence-electron chi connectivity index (χ0n) is 10.7. The van der Waals surface area contributed by atoms with E-state index < -0.39 is 0 Å². The number of hydrogen-bond acceptors (Lipinski definition) is 2. The Morgan fingerprint density at radius 3 is 3.00 bits per heavy atom. The molecule has 4 heteroatoms. The van der Waals surface area contributed by atoms with Gasteiger partial charge in [-0.1, -0.05) is 25.5 Å². The molecule has 1 aromatic heterocycles. The van der Waals surface area contributed by atoms with E-state index in [9.17, 15) is 4.79 Å². The number of rotatable bonds is 6. The van der Waals surface area contributed by atoms with Crippen LogP contribution < -0.4 is 5.32 Å². The van der Waals surface area contributed by atoms with Crippen LogP contribution in [-0.2, 0) is 11.2 Å². The van der Waals surface area contributed by atoms with Gasteiger partial charge in [0.25, 0.3) is 0 Å². The van der Waals surface area contributed by atoms with Crippen molar-refractivity contribution in [3.63, 3.8) is 0 Å². The number of nitrogens with zero attached hydrogens (tertiary/aromatic N) is 1. The van der Waals surface area contributed by atoms with E-state index in [0.717, 1.165) is 36.2 Å². The van der Waals surface area contributed by atoms with Gasteiger partial charge in [0.1, 0.15) is 5.82 Å². The third-order valence-electron chi connectivity index (χ3n) is 2.88. The van der Waals surface area contributed by atoms with E-state index in [0.29, 0.717) is 12.8 Å². The fourth-order valence-electron chi connectivity index (χ4n) is 1.85. The van der Waals surface area contributed by atoms with Crippen molar-refractivity contribution in [2.24, 2.45) is 0 Å². The Hall–Kier alpha value is -1.84. The number of imidazole rings is 1. The second kappa shape index (κ2) is 6.19. The average Bonchev–Trinajstić information content (AvgIpc) is 2.79. The van der Waals surface area contributed by atoms with Gasteiger partial charge in [-0.15, -0.1) is 0 Å². The van der Waals surface area contributed by atoms with Crippen LogP contribution >= 0.6 is 0 Å². The van der Waals surface area contributed by atoms with Gasteiger partial charge in [0.05, 0.1) is 11.0 Å². The van der Waals surface area contributed by atoms with Crippen molar-refractivity contribution >= 4 is 16.9 Å². The molecule has 2 rings (SSSR count). The van der Waals surface area contributed by atoms with E-state index in [-0.39, 0.29) is 5.91 Å². The minimum atomic E-state index is 0.101. The lowest BCUT2D eigenvalue weighted by molar-refractivity contribution is -0.121. The molecule has 0 radical (unpaired) electrons. The lowest BCUT2D eigenvalue weighted by Gasteiger charge is -2.02. The average molecular weight is 245 g/mol. The second-order valence-corrected chi connectivity index (χ2v) is 4.40. The first-order valence-electron chi connectivity index (χ1n) is 6.50. The first kappa shape index (κ1) is 12.6. The maximum atomic E-state index is 11.6. The molecule has 0 aliphatic heterocycles. The molecule has 2 aromatic rings. The van der Waals surface area contributed by atoms with Crippen molar-refractivity contribution < 1.29 is 4.79 Å². The number of amides is 1. The van der Waals surface area contributed by atoms with Crippen molar-refractivity contribution in [2.75, 3.05) is 6.54 Å². The molecular formula is C14H19N3O. The fourth-order valence-corrected chi connectivity index (χ4v) is 1.85. The topological polar surface area (TPSA) is 57.8 Å². The SMILES string of the molecule is CCCCNC(=O)CCc1nc2ccccc2[nH]1. The Balaban J connectivity index is 1.84. The number of fused-ring (bicyclic) bond motifs is 1. The molecule has 1 aromatic carbocycles. The van der Waals surface area contributed by atoms with E-state index in [4.69, 9.17) is 0 Å². The highest BCUT2D eigenvalue weighted by Crippen LogP contribution is 2.11. The van der Waals surface area contributed by atoms with Gasteiger partial charge in [-0.3, -0.25) is 4.79 Å². The number of hydrogen-bond donors (Lipinski definition) is 2. The quantitative estimate of drug-likeness (QED) is 0.768. The maximum absolute atomic E-state index is 11.6. The van der Waals surface area contributed by atoms with E-state index in [1.807, 2.05) is 24.3 Å². The predicted molar refractivity (Wildman–Crippen MR) is 72.3 cm³/mol. The van der Waals surface area contributed by atoms with Gasteiger partial charge in [-0.05, 0) is 18.6 Å². The summed E-state index contributed by atoms with van der Waals surface area (Å²) in [6.07, 6.45) is 3.29. The summed E-state index contributed by atoms with van der Waals surface area (Å²) in [5.41, 5.74) is 1.98. The largest absolute Gasteiger partial charge is 0.356 e. The standard InChI is InChI=1S/C14H19N3O/c1-2-3-10-15-14(18)9-8-13-16-11-6-4-5-7-12(11)17-13/h4-7H,2-3,8-10H2,1H3,(H,15,18)(H,16,17). The molecule has 0 bridgehead atoms. The molecular weight excluding hydrogens is 226 g/mol. The number of benzene rings is 1. The van der Waals surface area contributed by atoms with Crippen LogP contribution in [0.25, 0.3) is 11.0 Å². The molecule has 0 fully saturated rings. The zero-order valence-corrected chi connectivity index (χ0v) is 10.7. The Bertz CT molecular complexity index is 485. The van der Waals surface area contributed by atoms with Crippen LogP contribution in [0.15, 0.2) is 24.3 Å². The molecule has 96 valence electrons. The van der Waals surface area contributed by atoms with E-state index in [2.05, 4.69) is 22.2 Å². The maximum Gasteiger partial charge on any atom is 0.220 e. The summed E-state index contributed by atoms with van der Waals surface area (Å²) in [6, 6.07) is 7.90. The normalized spacial score (nSPS) is 10.7. The van der Waals surface area contributed by atoms with Crippen LogP contribution in [0.5, 0.6) is 0 Å².